The van der Waals surface area contributed by atoms with Gasteiger partial charge < -0.3 is 25.8 Å². The van der Waals surface area contributed by atoms with Gasteiger partial charge in [-0.25, -0.2) is 4.79 Å². The van der Waals surface area contributed by atoms with Crippen molar-refractivity contribution in [2.24, 2.45) is 5.73 Å². The van der Waals surface area contributed by atoms with Crippen LogP contribution in [0.3, 0.4) is 0 Å². The maximum Gasteiger partial charge on any atom is 0.330 e. The molecule has 0 radical (unpaired) electrons. The highest BCUT2D eigenvalue weighted by Crippen LogP contribution is 2.37. The van der Waals surface area contributed by atoms with Crippen LogP contribution in [0.5, 0.6) is 0 Å². The lowest BCUT2D eigenvalue weighted by molar-refractivity contribution is -0.165. The largest absolute Gasteiger partial charge is 0.394 e. The second-order valence-electron chi connectivity index (χ2n) is 5.02. The third-order valence-electron chi connectivity index (χ3n) is 3.82. The highest BCUT2D eigenvalue weighted by molar-refractivity contribution is 5.06. The van der Waals surface area contributed by atoms with E-state index in [0.29, 0.717) is 6.42 Å². The first kappa shape index (κ1) is 15.9. The standard InChI is InChI=1S/C12H19N3O6/c1-2-7(13)12(10(19)9(18)6(5-16)21-12)15-4-3-8(17)14-11(15)20/h3-4,6-7,9-10,16,18-19H,2,5,13H2,1H3,(H,14,17,20)/t6-,7?,9-,10-,12-/m1/s1. The summed E-state index contributed by atoms with van der Waals surface area (Å²) in [7, 11) is 0. The third kappa shape index (κ3) is 2.32. The van der Waals surface area contributed by atoms with E-state index in [1.165, 1.54) is 0 Å². The van der Waals surface area contributed by atoms with Gasteiger partial charge in [0.05, 0.1) is 12.6 Å². The van der Waals surface area contributed by atoms with Crippen molar-refractivity contribution in [3.8, 4) is 0 Å². The third-order valence-corrected chi connectivity index (χ3v) is 3.82. The molecule has 1 aliphatic rings. The van der Waals surface area contributed by atoms with Crippen LogP contribution in [0.15, 0.2) is 21.9 Å². The molecular weight excluding hydrogens is 282 g/mol. The van der Waals surface area contributed by atoms with E-state index in [0.717, 1.165) is 16.8 Å². The Bertz CT molecular complexity index is 614. The number of ether oxygens (including phenoxy) is 1. The van der Waals surface area contributed by atoms with Crippen LogP contribution in [0, 0.1) is 0 Å². The number of nitrogens with zero attached hydrogens (tertiary/aromatic N) is 1. The van der Waals surface area contributed by atoms with Crippen molar-refractivity contribution in [1.82, 2.24) is 9.55 Å². The van der Waals surface area contributed by atoms with E-state index in [2.05, 4.69) is 0 Å². The zero-order valence-corrected chi connectivity index (χ0v) is 11.5. The summed E-state index contributed by atoms with van der Waals surface area (Å²) in [4.78, 5) is 25.2. The number of nitrogens with one attached hydrogen (secondary N) is 1. The molecular formula is C12H19N3O6. The molecule has 1 aliphatic heterocycles. The molecule has 0 aromatic carbocycles. The maximum atomic E-state index is 12.0. The minimum Gasteiger partial charge on any atom is -0.394 e. The van der Waals surface area contributed by atoms with Crippen LogP contribution in [-0.2, 0) is 10.5 Å². The molecule has 0 amide bonds. The van der Waals surface area contributed by atoms with Gasteiger partial charge in [0.15, 0.2) is 5.72 Å². The highest BCUT2D eigenvalue weighted by atomic mass is 16.6. The topological polar surface area (TPSA) is 151 Å². The van der Waals surface area contributed by atoms with E-state index in [-0.39, 0.29) is 0 Å². The van der Waals surface area contributed by atoms with E-state index in [4.69, 9.17) is 10.5 Å². The SMILES string of the molecule is CCC(N)[C@@]1(n2ccc(=O)[nH]c2=O)O[C@H](CO)[C@@H](O)[C@H]1O. The molecule has 2 heterocycles. The molecule has 0 bridgehead atoms. The summed E-state index contributed by atoms with van der Waals surface area (Å²) in [5.41, 5.74) is 2.80. The fraction of sp³-hybridized carbons (Fsp3) is 0.667. The van der Waals surface area contributed by atoms with Gasteiger partial charge in [0, 0.05) is 12.3 Å². The van der Waals surface area contributed by atoms with Gasteiger partial charge in [-0.15, -0.1) is 0 Å². The molecule has 1 fully saturated rings. The molecule has 118 valence electrons. The summed E-state index contributed by atoms with van der Waals surface area (Å²) in [6.07, 6.45) is -2.56. The fourth-order valence-corrected chi connectivity index (χ4v) is 2.64. The van der Waals surface area contributed by atoms with Gasteiger partial charge in [-0.1, -0.05) is 6.92 Å². The molecule has 9 heteroatoms. The van der Waals surface area contributed by atoms with Crippen molar-refractivity contribution in [3.63, 3.8) is 0 Å². The van der Waals surface area contributed by atoms with Crippen molar-refractivity contribution in [1.29, 1.82) is 0 Å². The van der Waals surface area contributed by atoms with Gasteiger partial charge in [-0.2, -0.15) is 0 Å². The lowest BCUT2D eigenvalue weighted by atomic mass is 9.93. The number of aromatic amines is 1. The Hall–Kier alpha value is -1.52. The molecule has 6 N–H and O–H groups in total. The van der Waals surface area contributed by atoms with Gasteiger partial charge in [-0.05, 0) is 6.42 Å². The average Bonchev–Trinajstić information content (AvgIpc) is 2.72. The van der Waals surface area contributed by atoms with Gasteiger partial charge in [0.2, 0.25) is 0 Å². The summed E-state index contributed by atoms with van der Waals surface area (Å²) in [5.74, 6) is 0. The van der Waals surface area contributed by atoms with Gasteiger partial charge in [0.25, 0.3) is 5.56 Å². The van der Waals surface area contributed by atoms with E-state index >= 15 is 0 Å². The summed E-state index contributed by atoms with van der Waals surface area (Å²) in [6.45, 7) is 1.17. The van der Waals surface area contributed by atoms with E-state index in [9.17, 15) is 24.9 Å². The zero-order valence-electron chi connectivity index (χ0n) is 11.5. The monoisotopic (exact) mass is 301 g/mol. The average molecular weight is 301 g/mol. The van der Waals surface area contributed by atoms with Crippen LogP contribution in [0.4, 0.5) is 0 Å². The summed E-state index contributed by atoms with van der Waals surface area (Å²) >= 11 is 0. The maximum absolute atomic E-state index is 12.0. The molecule has 1 saturated heterocycles. The van der Waals surface area contributed by atoms with Crippen LogP contribution in [0.25, 0.3) is 0 Å². The highest BCUT2D eigenvalue weighted by Gasteiger charge is 2.58. The quantitative estimate of drug-likeness (QED) is 0.398. The van der Waals surface area contributed by atoms with E-state index in [1.54, 1.807) is 6.92 Å². The number of nitrogens with two attached hydrogens (primary N) is 1. The Morgan fingerprint density at radius 2 is 2.19 bits per heavy atom. The number of rotatable bonds is 4. The van der Waals surface area contributed by atoms with Crippen molar-refractivity contribution in [3.05, 3.63) is 33.1 Å². The van der Waals surface area contributed by atoms with Crippen LogP contribution in [-0.4, -0.2) is 55.8 Å². The summed E-state index contributed by atoms with van der Waals surface area (Å²) < 4.78 is 6.50. The predicted octanol–water partition coefficient (Wildman–Crippen LogP) is -2.96. The molecule has 1 aromatic rings. The van der Waals surface area contributed by atoms with Gasteiger partial charge >= 0.3 is 5.69 Å². The van der Waals surface area contributed by atoms with Crippen molar-refractivity contribution in [2.75, 3.05) is 6.61 Å². The second kappa shape index (κ2) is 5.70. The number of hydrogen-bond acceptors (Lipinski definition) is 7. The minimum absolute atomic E-state index is 0.327. The lowest BCUT2D eigenvalue weighted by Gasteiger charge is -2.38. The Morgan fingerprint density at radius 1 is 1.52 bits per heavy atom. The minimum atomic E-state index is -1.76. The van der Waals surface area contributed by atoms with Crippen LogP contribution >= 0.6 is 0 Å². The smallest absolute Gasteiger partial charge is 0.330 e. The predicted molar refractivity (Wildman–Crippen MR) is 71.5 cm³/mol. The molecule has 1 unspecified atom stereocenters. The number of aromatic nitrogens is 2. The number of aliphatic hydroxyl groups excluding tert-OH is 3. The molecule has 0 saturated carbocycles. The Labute approximate surface area is 119 Å². The van der Waals surface area contributed by atoms with Gasteiger partial charge in [0.1, 0.15) is 18.3 Å². The second-order valence-corrected chi connectivity index (χ2v) is 5.02. The van der Waals surface area contributed by atoms with Crippen LogP contribution < -0.4 is 17.0 Å². The van der Waals surface area contributed by atoms with Crippen molar-refractivity contribution in [2.45, 2.75) is 43.4 Å². The van der Waals surface area contributed by atoms with E-state index < -0.39 is 47.9 Å². The normalized spacial score (nSPS) is 34.0. The summed E-state index contributed by atoms with van der Waals surface area (Å²) in [6, 6.07) is 0.239. The molecule has 0 aliphatic carbocycles. The Balaban J connectivity index is 2.64. The Kier molecular flexibility index (Phi) is 4.30. The molecule has 9 nitrogen and oxygen atoms in total. The van der Waals surface area contributed by atoms with E-state index in [1.807, 2.05) is 4.98 Å². The number of hydrogen-bond donors (Lipinski definition) is 5. The Morgan fingerprint density at radius 3 is 2.67 bits per heavy atom. The molecule has 21 heavy (non-hydrogen) atoms. The van der Waals surface area contributed by atoms with Crippen molar-refractivity contribution < 1.29 is 20.1 Å². The fourth-order valence-electron chi connectivity index (χ4n) is 2.64. The first-order chi connectivity index (χ1) is 9.88. The number of H-pyrrole nitrogens is 1. The molecule has 5 atom stereocenters. The van der Waals surface area contributed by atoms with Crippen molar-refractivity contribution >= 4 is 0 Å². The lowest BCUT2D eigenvalue weighted by Crippen LogP contribution is -2.61. The molecule has 0 spiro atoms. The first-order valence-electron chi connectivity index (χ1n) is 6.61. The summed E-state index contributed by atoms with van der Waals surface area (Å²) in [5, 5.41) is 29.5. The van der Waals surface area contributed by atoms with Crippen LogP contribution in [0.1, 0.15) is 13.3 Å². The van der Waals surface area contributed by atoms with Crippen LogP contribution in [0.2, 0.25) is 0 Å². The van der Waals surface area contributed by atoms with Gasteiger partial charge in [-0.3, -0.25) is 14.3 Å². The number of aliphatic hydroxyl groups is 3. The molecule has 1 aromatic heterocycles. The first-order valence-corrected chi connectivity index (χ1v) is 6.61. The zero-order chi connectivity index (χ0) is 15.8. The molecule has 2 rings (SSSR count).